The number of anilines is 1. The van der Waals surface area contributed by atoms with Crippen LogP contribution >= 0.6 is 12.8 Å². The number of amides is 3. The summed E-state index contributed by atoms with van der Waals surface area (Å²) in [7, 11) is 0. The molecule has 3 amide bonds. The zero-order valence-corrected chi connectivity index (χ0v) is 17.4. The molecular formula is C23H22N2O4S. The molecule has 7 heteroatoms. The Morgan fingerprint density at radius 3 is 2.30 bits per heavy atom. The number of fused-ring (bicyclic) bond motifs is 1. The van der Waals surface area contributed by atoms with Gasteiger partial charge in [0, 0.05) is 5.56 Å². The third-order valence-electron chi connectivity index (χ3n) is 4.50. The molecule has 0 aliphatic carbocycles. The number of ether oxygens (including phenoxy) is 1. The van der Waals surface area contributed by atoms with Crippen LogP contribution in [-0.2, 0) is 4.74 Å². The number of esters is 1. The first-order valence-electron chi connectivity index (χ1n) is 9.60. The van der Waals surface area contributed by atoms with Crippen molar-refractivity contribution in [1.29, 1.82) is 0 Å². The number of imide groups is 1. The van der Waals surface area contributed by atoms with E-state index in [0.29, 0.717) is 23.4 Å². The highest BCUT2D eigenvalue weighted by Gasteiger charge is 2.17. The zero-order chi connectivity index (χ0) is 21.5. The molecule has 0 aliphatic rings. The average molecular weight is 423 g/mol. The first-order chi connectivity index (χ1) is 14.5. The van der Waals surface area contributed by atoms with Gasteiger partial charge in [0.2, 0.25) is 0 Å². The van der Waals surface area contributed by atoms with Crippen molar-refractivity contribution in [3.63, 3.8) is 0 Å². The van der Waals surface area contributed by atoms with E-state index in [1.807, 2.05) is 37.3 Å². The highest BCUT2D eigenvalue weighted by Crippen LogP contribution is 2.19. The molecule has 0 fully saturated rings. The second-order valence-electron chi connectivity index (χ2n) is 6.67. The molecule has 0 radical (unpaired) electrons. The van der Waals surface area contributed by atoms with Gasteiger partial charge in [0.25, 0.3) is 5.91 Å². The van der Waals surface area contributed by atoms with Gasteiger partial charge in [-0.25, -0.2) is 13.9 Å². The fraction of sp³-hybridized carbons (Fsp3) is 0.174. The smallest absolute Gasteiger partial charge is 0.338 e. The minimum Gasteiger partial charge on any atom is -0.462 e. The van der Waals surface area contributed by atoms with E-state index in [1.165, 1.54) is 0 Å². The minimum atomic E-state index is -0.699. The van der Waals surface area contributed by atoms with E-state index < -0.39 is 17.9 Å². The molecule has 0 aromatic heterocycles. The van der Waals surface area contributed by atoms with Crippen molar-refractivity contribution < 1.29 is 19.1 Å². The van der Waals surface area contributed by atoms with Gasteiger partial charge < -0.3 is 4.74 Å². The van der Waals surface area contributed by atoms with Crippen LogP contribution < -0.4 is 9.62 Å². The number of benzene rings is 3. The second-order valence-corrected chi connectivity index (χ2v) is 7.07. The van der Waals surface area contributed by atoms with E-state index in [9.17, 15) is 14.4 Å². The topological polar surface area (TPSA) is 75.7 Å². The number of carbonyl (C=O) groups is 3. The van der Waals surface area contributed by atoms with Gasteiger partial charge in [-0.05, 0) is 53.6 Å². The van der Waals surface area contributed by atoms with Crippen LogP contribution in [0.3, 0.4) is 0 Å². The van der Waals surface area contributed by atoms with Gasteiger partial charge in [0.1, 0.15) is 0 Å². The van der Waals surface area contributed by atoms with E-state index in [-0.39, 0.29) is 0 Å². The predicted molar refractivity (Wildman–Crippen MR) is 120 cm³/mol. The summed E-state index contributed by atoms with van der Waals surface area (Å²) in [6.45, 7) is 2.38. The van der Waals surface area contributed by atoms with Crippen molar-refractivity contribution in [2.45, 2.75) is 19.8 Å². The first-order valence-corrected chi connectivity index (χ1v) is 10.00. The van der Waals surface area contributed by atoms with E-state index >= 15 is 0 Å². The van der Waals surface area contributed by atoms with E-state index in [2.05, 4.69) is 18.1 Å². The largest absolute Gasteiger partial charge is 0.462 e. The molecule has 30 heavy (non-hydrogen) atoms. The summed E-state index contributed by atoms with van der Waals surface area (Å²) in [5.41, 5.74) is 1.16. The van der Waals surface area contributed by atoms with Crippen LogP contribution in [-0.4, -0.2) is 24.5 Å². The van der Waals surface area contributed by atoms with Gasteiger partial charge in [-0.2, -0.15) is 0 Å². The maximum atomic E-state index is 12.4. The molecule has 3 aromatic carbocycles. The van der Waals surface area contributed by atoms with E-state index in [4.69, 9.17) is 4.74 Å². The monoisotopic (exact) mass is 422 g/mol. The molecule has 3 aromatic rings. The lowest BCUT2D eigenvalue weighted by Gasteiger charge is -2.16. The molecule has 0 unspecified atom stereocenters. The highest BCUT2D eigenvalue weighted by atomic mass is 32.1. The average Bonchev–Trinajstić information content (AvgIpc) is 2.78. The zero-order valence-electron chi connectivity index (χ0n) is 16.5. The number of carbonyl (C=O) groups excluding carboxylic acids is 3. The van der Waals surface area contributed by atoms with Crippen LogP contribution in [0.25, 0.3) is 10.8 Å². The molecule has 3 rings (SSSR count). The normalized spacial score (nSPS) is 10.5. The van der Waals surface area contributed by atoms with Gasteiger partial charge in [0.05, 0.1) is 17.9 Å². The van der Waals surface area contributed by atoms with Gasteiger partial charge >= 0.3 is 12.0 Å². The molecule has 0 aliphatic heterocycles. The number of unbranched alkanes of at least 4 members (excludes halogenated alkanes) is 1. The van der Waals surface area contributed by atoms with Crippen molar-refractivity contribution in [3.05, 3.63) is 77.9 Å². The number of hydrogen-bond donors (Lipinski definition) is 2. The standard InChI is InChI=1S/C23H22N2O4S/c1-2-3-14-29-22(27)17-10-12-20(13-11-17)25(30)23(28)24-21(26)19-9-8-16-6-4-5-7-18(16)15-19/h4-13,15,30H,2-3,14H2,1H3,(H,24,26,28). The molecule has 0 spiro atoms. The third-order valence-corrected chi connectivity index (χ3v) is 4.92. The Hall–Kier alpha value is -3.32. The summed E-state index contributed by atoms with van der Waals surface area (Å²) in [5.74, 6) is -0.947. The minimum absolute atomic E-state index is 0.369. The maximum Gasteiger partial charge on any atom is 0.338 e. The number of urea groups is 1. The number of nitrogens with one attached hydrogen (secondary N) is 1. The van der Waals surface area contributed by atoms with Crippen LogP contribution in [0.2, 0.25) is 0 Å². The summed E-state index contributed by atoms with van der Waals surface area (Å²) in [6, 6.07) is 18.4. The molecule has 0 atom stereocenters. The van der Waals surface area contributed by atoms with Crippen LogP contribution in [0.5, 0.6) is 0 Å². The quantitative estimate of drug-likeness (QED) is 0.333. The molecular weight excluding hydrogens is 400 g/mol. The van der Waals surface area contributed by atoms with Crippen molar-refractivity contribution in [1.82, 2.24) is 5.32 Å². The summed E-state index contributed by atoms with van der Waals surface area (Å²) < 4.78 is 6.16. The van der Waals surface area contributed by atoms with Gasteiger partial charge in [-0.15, -0.1) is 0 Å². The van der Waals surface area contributed by atoms with Crippen LogP contribution in [0.1, 0.15) is 40.5 Å². The predicted octanol–water partition coefficient (Wildman–Crippen LogP) is 5.00. The Bertz CT molecular complexity index is 1070. The van der Waals surface area contributed by atoms with E-state index in [0.717, 1.165) is 27.9 Å². The van der Waals surface area contributed by atoms with E-state index in [1.54, 1.807) is 36.4 Å². The molecule has 154 valence electrons. The fourth-order valence-corrected chi connectivity index (χ4v) is 2.98. The number of hydrogen-bond acceptors (Lipinski definition) is 5. The summed E-state index contributed by atoms with van der Waals surface area (Å²) in [4.78, 5) is 36.8. The third kappa shape index (κ3) is 5.18. The molecule has 0 saturated heterocycles. The Morgan fingerprint density at radius 2 is 1.60 bits per heavy atom. The van der Waals surface area contributed by atoms with Crippen molar-refractivity contribution >= 4 is 47.2 Å². The van der Waals surface area contributed by atoms with Crippen LogP contribution in [0.15, 0.2) is 66.7 Å². The summed E-state index contributed by atoms with van der Waals surface area (Å²) in [5, 5.41) is 4.22. The Labute approximate surface area is 180 Å². The molecule has 0 bridgehead atoms. The fourth-order valence-electron chi connectivity index (χ4n) is 2.80. The molecule has 6 nitrogen and oxygen atoms in total. The first kappa shape index (κ1) is 21.4. The lowest BCUT2D eigenvalue weighted by molar-refractivity contribution is 0.0499. The van der Waals surface area contributed by atoms with Gasteiger partial charge in [0.15, 0.2) is 0 Å². The van der Waals surface area contributed by atoms with Gasteiger partial charge in [-0.3, -0.25) is 10.1 Å². The van der Waals surface area contributed by atoms with Crippen molar-refractivity contribution in [3.8, 4) is 0 Å². The van der Waals surface area contributed by atoms with Gasteiger partial charge in [-0.1, -0.05) is 56.5 Å². The molecule has 0 heterocycles. The summed E-state index contributed by atoms with van der Waals surface area (Å²) in [6.07, 6.45) is 1.74. The Balaban J connectivity index is 1.63. The van der Waals surface area contributed by atoms with Crippen LogP contribution in [0.4, 0.5) is 10.5 Å². The summed E-state index contributed by atoms with van der Waals surface area (Å²) >= 11 is 4.17. The number of rotatable bonds is 6. The lowest BCUT2D eigenvalue weighted by atomic mass is 10.1. The van der Waals surface area contributed by atoms with Crippen LogP contribution in [0, 0.1) is 0 Å². The number of nitrogens with zero attached hydrogens (tertiary/aromatic N) is 1. The maximum absolute atomic E-state index is 12.4. The van der Waals surface area contributed by atoms with Crippen molar-refractivity contribution in [2.75, 3.05) is 10.9 Å². The van der Waals surface area contributed by atoms with Crippen molar-refractivity contribution in [2.24, 2.45) is 0 Å². The lowest BCUT2D eigenvalue weighted by Crippen LogP contribution is -2.38. The molecule has 0 saturated carbocycles. The Kier molecular flexibility index (Phi) is 7.08. The Morgan fingerprint density at radius 1 is 0.933 bits per heavy atom. The SMILES string of the molecule is CCCCOC(=O)c1ccc(N(S)C(=O)NC(=O)c2ccc3ccccc3c2)cc1. The highest BCUT2D eigenvalue weighted by molar-refractivity contribution is 7.82. The number of thiol groups is 1. The molecule has 1 N–H and O–H groups in total. The second kappa shape index (κ2) is 9.93.